The van der Waals surface area contributed by atoms with E-state index in [-0.39, 0.29) is 23.8 Å². The Hall–Kier alpha value is -3.18. The average Bonchev–Trinajstić information content (AvgIpc) is 2.77. The highest BCUT2D eigenvalue weighted by molar-refractivity contribution is 9.10. The lowest BCUT2D eigenvalue weighted by atomic mass is 9.98. The van der Waals surface area contributed by atoms with E-state index in [0.717, 1.165) is 16.7 Å². The number of halogens is 1. The van der Waals surface area contributed by atoms with Crippen molar-refractivity contribution in [3.8, 4) is 0 Å². The SMILES string of the molecule is O=c1c(Br)cn(C(c2ccccc2)c2ccccc2)c(=O)n1Cc1ccccc1. The van der Waals surface area contributed by atoms with Gasteiger partial charge in [0.15, 0.2) is 0 Å². The van der Waals surface area contributed by atoms with Crippen molar-refractivity contribution in [2.45, 2.75) is 12.6 Å². The molecule has 4 aromatic rings. The van der Waals surface area contributed by atoms with Crippen molar-refractivity contribution in [2.75, 3.05) is 0 Å². The summed E-state index contributed by atoms with van der Waals surface area (Å²) >= 11 is 3.36. The summed E-state index contributed by atoms with van der Waals surface area (Å²) < 4.78 is 3.25. The Morgan fingerprint density at radius 2 is 1.21 bits per heavy atom. The zero-order valence-electron chi connectivity index (χ0n) is 15.6. The van der Waals surface area contributed by atoms with Gasteiger partial charge in [0.25, 0.3) is 5.56 Å². The maximum atomic E-state index is 13.4. The predicted molar refractivity (Wildman–Crippen MR) is 118 cm³/mol. The maximum absolute atomic E-state index is 13.4. The first kappa shape index (κ1) is 19.2. The number of benzene rings is 3. The molecule has 3 aromatic carbocycles. The predicted octanol–water partition coefficient (Wildman–Crippen LogP) is 4.46. The number of rotatable bonds is 5. The largest absolute Gasteiger partial charge is 0.332 e. The molecule has 0 bridgehead atoms. The van der Waals surface area contributed by atoms with Crippen LogP contribution in [0.3, 0.4) is 0 Å². The maximum Gasteiger partial charge on any atom is 0.332 e. The Morgan fingerprint density at radius 1 is 0.724 bits per heavy atom. The standard InChI is InChI=1S/C24H19BrN2O2/c25-21-17-26(24(29)27(23(21)28)16-18-10-4-1-5-11-18)22(19-12-6-2-7-13-19)20-14-8-3-9-15-20/h1-15,17,22H,16H2. The Balaban J connectivity index is 1.92. The van der Waals surface area contributed by atoms with Crippen LogP contribution in [-0.4, -0.2) is 9.13 Å². The van der Waals surface area contributed by atoms with E-state index in [4.69, 9.17) is 0 Å². The van der Waals surface area contributed by atoms with E-state index in [0.29, 0.717) is 4.47 Å². The van der Waals surface area contributed by atoms with Crippen molar-refractivity contribution in [3.63, 3.8) is 0 Å². The van der Waals surface area contributed by atoms with Gasteiger partial charge in [-0.2, -0.15) is 0 Å². The van der Waals surface area contributed by atoms with Crippen LogP contribution in [0.15, 0.2) is 111 Å². The van der Waals surface area contributed by atoms with Crippen LogP contribution in [0, 0.1) is 0 Å². The molecule has 0 N–H and O–H groups in total. The van der Waals surface area contributed by atoms with Gasteiger partial charge in [-0.05, 0) is 32.6 Å². The summed E-state index contributed by atoms with van der Waals surface area (Å²) in [6.45, 7) is 0.217. The van der Waals surface area contributed by atoms with Gasteiger partial charge >= 0.3 is 5.69 Å². The summed E-state index contributed by atoms with van der Waals surface area (Å²) in [4.78, 5) is 26.2. The van der Waals surface area contributed by atoms with Gasteiger partial charge in [0.1, 0.15) is 0 Å². The minimum atomic E-state index is -0.347. The molecule has 144 valence electrons. The summed E-state index contributed by atoms with van der Waals surface area (Å²) in [5.74, 6) is 0. The van der Waals surface area contributed by atoms with Gasteiger partial charge in [0, 0.05) is 6.20 Å². The Kier molecular flexibility index (Phi) is 5.58. The van der Waals surface area contributed by atoms with E-state index >= 15 is 0 Å². The molecule has 0 aliphatic carbocycles. The lowest BCUT2D eigenvalue weighted by Gasteiger charge is -2.22. The van der Waals surface area contributed by atoms with Gasteiger partial charge in [0.2, 0.25) is 0 Å². The zero-order chi connectivity index (χ0) is 20.2. The van der Waals surface area contributed by atoms with Gasteiger partial charge in [-0.25, -0.2) is 4.79 Å². The van der Waals surface area contributed by atoms with Crippen LogP contribution in [0.4, 0.5) is 0 Å². The minimum Gasteiger partial charge on any atom is -0.288 e. The highest BCUT2D eigenvalue weighted by Crippen LogP contribution is 2.25. The van der Waals surface area contributed by atoms with E-state index in [1.165, 1.54) is 4.57 Å². The fourth-order valence-electron chi connectivity index (χ4n) is 3.46. The van der Waals surface area contributed by atoms with Crippen molar-refractivity contribution in [2.24, 2.45) is 0 Å². The Labute approximate surface area is 176 Å². The quantitative estimate of drug-likeness (QED) is 0.454. The van der Waals surface area contributed by atoms with Gasteiger partial charge in [-0.1, -0.05) is 91.0 Å². The molecule has 0 spiro atoms. The average molecular weight is 447 g/mol. The summed E-state index contributed by atoms with van der Waals surface area (Å²) in [6, 6.07) is 28.8. The van der Waals surface area contributed by atoms with Crippen molar-refractivity contribution in [1.82, 2.24) is 9.13 Å². The molecule has 0 aliphatic heterocycles. The monoisotopic (exact) mass is 446 g/mol. The molecule has 0 aliphatic rings. The van der Waals surface area contributed by atoms with E-state index in [2.05, 4.69) is 15.9 Å². The molecule has 4 nitrogen and oxygen atoms in total. The van der Waals surface area contributed by atoms with Crippen LogP contribution < -0.4 is 11.2 Å². The molecule has 1 heterocycles. The summed E-state index contributed by atoms with van der Waals surface area (Å²) in [7, 11) is 0. The molecule has 0 unspecified atom stereocenters. The third-order valence-corrected chi connectivity index (χ3v) is 5.39. The second-order valence-electron chi connectivity index (χ2n) is 6.77. The fourth-order valence-corrected chi connectivity index (χ4v) is 3.90. The first-order valence-electron chi connectivity index (χ1n) is 9.30. The molecule has 0 amide bonds. The second-order valence-corrected chi connectivity index (χ2v) is 7.62. The molecule has 29 heavy (non-hydrogen) atoms. The van der Waals surface area contributed by atoms with Gasteiger partial charge in [0.05, 0.1) is 17.1 Å². The minimum absolute atomic E-state index is 0.217. The Bertz CT molecular complexity index is 1180. The molecule has 5 heteroatoms. The number of nitrogens with zero attached hydrogens (tertiary/aromatic N) is 2. The van der Waals surface area contributed by atoms with Crippen molar-refractivity contribution >= 4 is 15.9 Å². The smallest absolute Gasteiger partial charge is 0.288 e. The molecular formula is C24H19BrN2O2. The first-order chi connectivity index (χ1) is 14.1. The van der Waals surface area contributed by atoms with E-state index in [1.807, 2.05) is 91.0 Å². The highest BCUT2D eigenvalue weighted by atomic mass is 79.9. The molecule has 0 atom stereocenters. The van der Waals surface area contributed by atoms with Crippen LogP contribution in [0.5, 0.6) is 0 Å². The topological polar surface area (TPSA) is 44.0 Å². The van der Waals surface area contributed by atoms with Gasteiger partial charge in [-0.15, -0.1) is 0 Å². The fraction of sp³-hybridized carbons (Fsp3) is 0.0833. The van der Waals surface area contributed by atoms with E-state index in [9.17, 15) is 9.59 Å². The molecule has 4 rings (SSSR count). The van der Waals surface area contributed by atoms with E-state index < -0.39 is 0 Å². The van der Waals surface area contributed by atoms with Crippen LogP contribution >= 0.6 is 15.9 Å². The number of hydrogen-bond donors (Lipinski definition) is 0. The van der Waals surface area contributed by atoms with Crippen LogP contribution in [0.25, 0.3) is 0 Å². The third-order valence-electron chi connectivity index (χ3n) is 4.85. The number of aromatic nitrogens is 2. The van der Waals surface area contributed by atoms with E-state index in [1.54, 1.807) is 10.8 Å². The summed E-state index contributed by atoms with van der Waals surface area (Å²) in [6.07, 6.45) is 1.59. The molecule has 1 aromatic heterocycles. The molecule has 0 saturated carbocycles. The van der Waals surface area contributed by atoms with Crippen molar-refractivity contribution in [1.29, 1.82) is 0 Å². The molecular weight excluding hydrogens is 428 g/mol. The zero-order valence-corrected chi connectivity index (χ0v) is 17.2. The lowest BCUT2D eigenvalue weighted by Crippen LogP contribution is -2.42. The van der Waals surface area contributed by atoms with Crippen LogP contribution in [0.1, 0.15) is 22.7 Å². The summed E-state index contributed by atoms with van der Waals surface area (Å²) in [5.41, 5.74) is 2.15. The lowest BCUT2D eigenvalue weighted by molar-refractivity contribution is 0.561. The molecule has 0 fully saturated rings. The Morgan fingerprint density at radius 3 is 1.72 bits per heavy atom. The first-order valence-corrected chi connectivity index (χ1v) is 10.1. The normalized spacial score (nSPS) is 11.0. The number of hydrogen-bond acceptors (Lipinski definition) is 2. The third kappa shape index (κ3) is 4.00. The highest BCUT2D eigenvalue weighted by Gasteiger charge is 2.21. The van der Waals surface area contributed by atoms with Crippen molar-refractivity contribution < 1.29 is 0 Å². The molecule has 0 radical (unpaired) electrons. The van der Waals surface area contributed by atoms with Gasteiger partial charge in [-0.3, -0.25) is 13.9 Å². The van der Waals surface area contributed by atoms with Gasteiger partial charge < -0.3 is 0 Å². The summed E-state index contributed by atoms with van der Waals surface area (Å²) in [5, 5.41) is 0. The van der Waals surface area contributed by atoms with Crippen molar-refractivity contribution in [3.05, 3.63) is 139 Å². The molecule has 0 saturated heterocycles. The van der Waals surface area contributed by atoms with Crippen LogP contribution in [0.2, 0.25) is 0 Å². The second kappa shape index (κ2) is 8.45. The van der Waals surface area contributed by atoms with Crippen LogP contribution in [-0.2, 0) is 6.54 Å².